The highest BCUT2D eigenvalue weighted by Gasteiger charge is 2.19. The third kappa shape index (κ3) is 4.45. The third-order valence-corrected chi connectivity index (χ3v) is 3.98. The zero-order valence-electron chi connectivity index (χ0n) is 12.6. The van der Waals surface area contributed by atoms with Gasteiger partial charge in [0.15, 0.2) is 0 Å². The van der Waals surface area contributed by atoms with Crippen LogP contribution in [0, 0.1) is 11.8 Å². The summed E-state index contributed by atoms with van der Waals surface area (Å²) >= 11 is 0. The SMILES string of the molecule is CCCNC(CCc1ccnn1C)C(C)C(C)C. The van der Waals surface area contributed by atoms with Crippen LogP contribution >= 0.6 is 0 Å². The molecule has 1 aromatic heterocycles. The van der Waals surface area contributed by atoms with E-state index >= 15 is 0 Å². The van der Waals surface area contributed by atoms with Crippen LogP contribution in [-0.2, 0) is 13.5 Å². The van der Waals surface area contributed by atoms with Crippen molar-refractivity contribution in [1.29, 1.82) is 0 Å². The average molecular weight is 251 g/mol. The van der Waals surface area contributed by atoms with E-state index in [9.17, 15) is 0 Å². The molecule has 0 aliphatic heterocycles. The summed E-state index contributed by atoms with van der Waals surface area (Å²) in [5.41, 5.74) is 1.33. The zero-order valence-corrected chi connectivity index (χ0v) is 12.6. The van der Waals surface area contributed by atoms with Crippen LogP contribution in [-0.4, -0.2) is 22.4 Å². The number of aromatic nitrogens is 2. The highest BCUT2D eigenvalue weighted by molar-refractivity contribution is 5.00. The number of nitrogens with one attached hydrogen (secondary N) is 1. The van der Waals surface area contributed by atoms with Crippen LogP contribution in [0.5, 0.6) is 0 Å². The molecule has 2 unspecified atom stereocenters. The van der Waals surface area contributed by atoms with Gasteiger partial charge in [0.1, 0.15) is 0 Å². The van der Waals surface area contributed by atoms with Crippen molar-refractivity contribution < 1.29 is 0 Å². The van der Waals surface area contributed by atoms with Gasteiger partial charge in [-0.05, 0) is 43.7 Å². The largest absolute Gasteiger partial charge is 0.314 e. The highest BCUT2D eigenvalue weighted by atomic mass is 15.2. The van der Waals surface area contributed by atoms with Crippen molar-refractivity contribution >= 4 is 0 Å². The van der Waals surface area contributed by atoms with Gasteiger partial charge < -0.3 is 5.32 Å². The maximum absolute atomic E-state index is 4.23. The molecule has 1 N–H and O–H groups in total. The Labute approximate surface area is 112 Å². The number of rotatable bonds is 8. The molecule has 0 amide bonds. The van der Waals surface area contributed by atoms with Gasteiger partial charge in [-0.2, -0.15) is 5.10 Å². The molecule has 0 radical (unpaired) electrons. The van der Waals surface area contributed by atoms with Crippen LogP contribution in [0.1, 0.15) is 46.2 Å². The summed E-state index contributed by atoms with van der Waals surface area (Å²) in [5.74, 6) is 1.44. The topological polar surface area (TPSA) is 29.9 Å². The summed E-state index contributed by atoms with van der Waals surface area (Å²) in [6.45, 7) is 10.3. The Bertz CT molecular complexity index is 330. The Morgan fingerprint density at radius 3 is 2.56 bits per heavy atom. The van der Waals surface area contributed by atoms with Crippen LogP contribution < -0.4 is 5.32 Å². The molecule has 0 aliphatic rings. The normalized spacial score (nSPS) is 15.0. The summed E-state index contributed by atoms with van der Waals surface area (Å²) in [5, 5.41) is 7.94. The molecule has 0 bridgehead atoms. The molecule has 3 nitrogen and oxygen atoms in total. The summed E-state index contributed by atoms with van der Waals surface area (Å²) in [6.07, 6.45) is 5.39. The van der Waals surface area contributed by atoms with Crippen molar-refractivity contribution in [2.75, 3.05) is 6.54 Å². The molecule has 0 fully saturated rings. The average Bonchev–Trinajstić information content (AvgIpc) is 2.74. The van der Waals surface area contributed by atoms with E-state index in [1.54, 1.807) is 0 Å². The van der Waals surface area contributed by atoms with E-state index in [1.165, 1.54) is 18.5 Å². The first-order chi connectivity index (χ1) is 8.56. The predicted molar refractivity (Wildman–Crippen MR) is 77.6 cm³/mol. The molecule has 1 rings (SSSR count). The van der Waals surface area contributed by atoms with Crippen molar-refractivity contribution in [3.63, 3.8) is 0 Å². The molecule has 1 aromatic rings. The second-order valence-electron chi connectivity index (χ2n) is 5.65. The van der Waals surface area contributed by atoms with Crippen LogP contribution in [0.3, 0.4) is 0 Å². The van der Waals surface area contributed by atoms with Crippen molar-refractivity contribution in [1.82, 2.24) is 15.1 Å². The predicted octanol–water partition coefficient (Wildman–Crippen LogP) is 3.01. The van der Waals surface area contributed by atoms with Crippen molar-refractivity contribution in [2.24, 2.45) is 18.9 Å². The van der Waals surface area contributed by atoms with Gasteiger partial charge in [-0.1, -0.05) is 27.7 Å². The van der Waals surface area contributed by atoms with E-state index in [2.05, 4.69) is 44.2 Å². The third-order valence-electron chi connectivity index (χ3n) is 3.98. The van der Waals surface area contributed by atoms with Gasteiger partial charge in [-0.3, -0.25) is 4.68 Å². The number of aryl methyl sites for hydroxylation is 2. The Morgan fingerprint density at radius 2 is 2.06 bits per heavy atom. The first-order valence-corrected chi connectivity index (χ1v) is 7.26. The summed E-state index contributed by atoms with van der Waals surface area (Å²) < 4.78 is 1.98. The van der Waals surface area contributed by atoms with Gasteiger partial charge in [-0.15, -0.1) is 0 Å². The van der Waals surface area contributed by atoms with E-state index in [0.29, 0.717) is 12.0 Å². The first-order valence-electron chi connectivity index (χ1n) is 7.26. The molecular formula is C15H29N3. The van der Waals surface area contributed by atoms with Crippen LogP contribution in [0.2, 0.25) is 0 Å². The molecular weight excluding hydrogens is 222 g/mol. The monoisotopic (exact) mass is 251 g/mol. The van der Waals surface area contributed by atoms with E-state index < -0.39 is 0 Å². The Morgan fingerprint density at radius 1 is 1.33 bits per heavy atom. The molecule has 3 heteroatoms. The van der Waals surface area contributed by atoms with E-state index in [1.807, 2.05) is 17.9 Å². The molecule has 104 valence electrons. The smallest absolute Gasteiger partial charge is 0.0492 e. The Hall–Kier alpha value is -0.830. The molecule has 0 aromatic carbocycles. The first kappa shape index (κ1) is 15.2. The highest BCUT2D eigenvalue weighted by Crippen LogP contribution is 2.18. The van der Waals surface area contributed by atoms with Gasteiger partial charge in [0.25, 0.3) is 0 Å². The lowest BCUT2D eigenvalue weighted by Crippen LogP contribution is -2.38. The molecule has 1 heterocycles. The van der Waals surface area contributed by atoms with Crippen LogP contribution in [0.25, 0.3) is 0 Å². The van der Waals surface area contributed by atoms with Gasteiger partial charge in [0.2, 0.25) is 0 Å². The minimum absolute atomic E-state index is 0.611. The van der Waals surface area contributed by atoms with Gasteiger partial charge in [0.05, 0.1) is 0 Å². The maximum Gasteiger partial charge on any atom is 0.0492 e. The van der Waals surface area contributed by atoms with Gasteiger partial charge in [0, 0.05) is 25.0 Å². The minimum atomic E-state index is 0.611. The zero-order chi connectivity index (χ0) is 13.5. The van der Waals surface area contributed by atoms with Gasteiger partial charge in [-0.25, -0.2) is 0 Å². The minimum Gasteiger partial charge on any atom is -0.314 e. The summed E-state index contributed by atoms with van der Waals surface area (Å²) in [6, 6.07) is 2.73. The number of nitrogens with zero attached hydrogens (tertiary/aromatic N) is 2. The fraction of sp³-hybridized carbons (Fsp3) is 0.800. The molecule has 2 atom stereocenters. The Balaban J connectivity index is 2.52. The lowest BCUT2D eigenvalue weighted by molar-refractivity contribution is 0.284. The van der Waals surface area contributed by atoms with Crippen molar-refractivity contribution in [2.45, 2.75) is 53.0 Å². The quantitative estimate of drug-likeness (QED) is 0.769. The summed E-state index contributed by atoms with van der Waals surface area (Å²) in [7, 11) is 2.02. The van der Waals surface area contributed by atoms with Crippen LogP contribution in [0.4, 0.5) is 0 Å². The standard InChI is InChI=1S/C15H29N3/c1-6-10-16-15(13(4)12(2)3)8-7-14-9-11-17-18(14)5/h9,11-13,15-16H,6-8,10H2,1-5H3. The molecule has 0 saturated heterocycles. The van der Waals surface area contributed by atoms with Crippen LogP contribution in [0.15, 0.2) is 12.3 Å². The molecule has 18 heavy (non-hydrogen) atoms. The fourth-order valence-corrected chi connectivity index (χ4v) is 2.30. The maximum atomic E-state index is 4.23. The lowest BCUT2D eigenvalue weighted by atomic mass is 9.87. The number of hydrogen-bond acceptors (Lipinski definition) is 2. The second kappa shape index (κ2) is 7.57. The second-order valence-corrected chi connectivity index (χ2v) is 5.65. The molecule has 0 spiro atoms. The van der Waals surface area contributed by atoms with E-state index in [-0.39, 0.29) is 0 Å². The number of hydrogen-bond donors (Lipinski definition) is 1. The fourth-order valence-electron chi connectivity index (χ4n) is 2.30. The van der Waals surface area contributed by atoms with Crippen molar-refractivity contribution in [3.8, 4) is 0 Å². The lowest BCUT2D eigenvalue weighted by Gasteiger charge is -2.28. The Kier molecular flexibility index (Phi) is 6.41. The molecule has 0 aliphatic carbocycles. The molecule has 0 saturated carbocycles. The van der Waals surface area contributed by atoms with Gasteiger partial charge >= 0.3 is 0 Å². The van der Waals surface area contributed by atoms with E-state index in [0.717, 1.165) is 18.9 Å². The van der Waals surface area contributed by atoms with E-state index in [4.69, 9.17) is 0 Å². The van der Waals surface area contributed by atoms with Crippen molar-refractivity contribution in [3.05, 3.63) is 18.0 Å². The summed E-state index contributed by atoms with van der Waals surface area (Å²) in [4.78, 5) is 0.